The standard InChI is InChI=1S/C25H23ClFN5O4/c1-15(2)36-21-8-7-19(12-20(21)27)29-23-30-24(34)32(14-17-9-10-28-22(33)11-17)25(35)31(23)13-16-3-5-18(26)6-4-16/h3-12,15H,13-14H2,1-2H3,(H,28,33)(H,29,30,34). The van der Waals surface area contributed by atoms with Gasteiger partial charge in [-0.1, -0.05) is 23.7 Å². The van der Waals surface area contributed by atoms with E-state index in [9.17, 15) is 18.8 Å². The van der Waals surface area contributed by atoms with Crippen LogP contribution in [0.5, 0.6) is 5.75 Å². The maximum absolute atomic E-state index is 14.5. The molecule has 0 spiro atoms. The SMILES string of the molecule is CC(C)Oc1ccc(/N=c2\[nH]c(=O)n(Cc3cc[nH]c(=O)c3)c(=O)n2Cc2ccc(Cl)cc2)cc1F. The molecule has 36 heavy (non-hydrogen) atoms. The summed E-state index contributed by atoms with van der Waals surface area (Å²) in [6.07, 6.45) is 1.22. The summed E-state index contributed by atoms with van der Waals surface area (Å²) in [5.41, 5.74) is -0.449. The zero-order valence-corrected chi connectivity index (χ0v) is 20.3. The minimum Gasteiger partial charge on any atom is -0.488 e. The van der Waals surface area contributed by atoms with Crippen LogP contribution in [-0.2, 0) is 13.1 Å². The molecule has 2 heterocycles. The molecule has 9 nitrogen and oxygen atoms in total. The van der Waals surface area contributed by atoms with Gasteiger partial charge in [-0.05, 0) is 55.3 Å². The van der Waals surface area contributed by atoms with E-state index in [2.05, 4.69) is 15.0 Å². The van der Waals surface area contributed by atoms with Crippen molar-refractivity contribution in [1.29, 1.82) is 0 Å². The third-order valence-electron chi connectivity index (χ3n) is 5.13. The van der Waals surface area contributed by atoms with E-state index in [1.54, 1.807) is 44.2 Å². The zero-order chi connectivity index (χ0) is 25.8. The van der Waals surface area contributed by atoms with Gasteiger partial charge in [0.1, 0.15) is 0 Å². The van der Waals surface area contributed by atoms with Gasteiger partial charge >= 0.3 is 11.4 Å². The van der Waals surface area contributed by atoms with Gasteiger partial charge in [0.25, 0.3) is 0 Å². The number of hydrogen-bond donors (Lipinski definition) is 2. The van der Waals surface area contributed by atoms with Crippen molar-refractivity contribution in [2.24, 2.45) is 4.99 Å². The van der Waals surface area contributed by atoms with Crippen LogP contribution in [0.25, 0.3) is 0 Å². The lowest BCUT2D eigenvalue weighted by Gasteiger charge is -2.12. The first kappa shape index (κ1) is 24.9. The van der Waals surface area contributed by atoms with Crippen molar-refractivity contribution in [2.75, 3.05) is 0 Å². The van der Waals surface area contributed by atoms with Gasteiger partial charge in [0, 0.05) is 23.4 Å². The van der Waals surface area contributed by atoms with Crippen LogP contribution >= 0.6 is 11.6 Å². The average Bonchev–Trinajstić information content (AvgIpc) is 2.82. The summed E-state index contributed by atoms with van der Waals surface area (Å²) in [6.45, 7) is 3.48. The van der Waals surface area contributed by atoms with Crippen LogP contribution in [0.3, 0.4) is 0 Å². The fraction of sp³-hybridized carbons (Fsp3) is 0.200. The number of nitrogens with one attached hydrogen (secondary N) is 2. The van der Waals surface area contributed by atoms with Gasteiger partial charge in [0.2, 0.25) is 11.2 Å². The average molecular weight is 512 g/mol. The van der Waals surface area contributed by atoms with Crippen LogP contribution in [-0.4, -0.2) is 25.2 Å². The van der Waals surface area contributed by atoms with E-state index in [-0.39, 0.29) is 41.8 Å². The lowest BCUT2D eigenvalue weighted by atomic mass is 10.2. The Labute approximate surface area is 209 Å². The molecule has 186 valence electrons. The van der Waals surface area contributed by atoms with Crippen LogP contribution in [0.1, 0.15) is 25.0 Å². The summed E-state index contributed by atoms with van der Waals surface area (Å²) in [5, 5.41) is 0.529. The van der Waals surface area contributed by atoms with Crippen molar-refractivity contribution in [3.05, 3.63) is 120 Å². The number of hydrogen-bond acceptors (Lipinski definition) is 5. The third-order valence-corrected chi connectivity index (χ3v) is 5.38. The molecule has 0 saturated heterocycles. The Hall–Kier alpha value is -4.18. The molecule has 0 aliphatic carbocycles. The van der Waals surface area contributed by atoms with Crippen molar-refractivity contribution in [3.63, 3.8) is 0 Å². The second-order valence-corrected chi connectivity index (χ2v) is 8.73. The maximum atomic E-state index is 14.5. The Kier molecular flexibility index (Phi) is 7.35. The number of ether oxygens (including phenoxy) is 1. The van der Waals surface area contributed by atoms with Crippen LogP contribution in [0, 0.1) is 5.82 Å². The molecular weight excluding hydrogens is 489 g/mol. The summed E-state index contributed by atoms with van der Waals surface area (Å²) >= 11 is 5.98. The van der Waals surface area contributed by atoms with Gasteiger partial charge in [0.15, 0.2) is 11.6 Å². The largest absolute Gasteiger partial charge is 0.488 e. The molecule has 4 rings (SSSR count). The van der Waals surface area contributed by atoms with E-state index in [4.69, 9.17) is 16.3 Å². The number of aromatic amines is 2. The second kappa shape index (κ2) is 10.6. The van der Waals surface area contributed by atoms with Crippen LogP contribution < -0.4 is 27.3 Å². The predicted molar refractivity (Wildman–Crippen MR) is 133 cm³/mol. The Morgan fingerprint density at radius 3 is 2.36 bits per heavy atom. The molecule has 2 aromatic heterocycles. The van der Waals surface area contributed by atoms with E-state index in [1.165, 1.54) is 29.0 Å². The van der Waals surface area contributed by atoms with Crippen molar-refractivity contribution >= 4 is 17.3 Å². The van der Waals surface area contributed by atoms with Crippen molar-refractivity contribution in [3.8, 4) is 5.75 Å². The van der Waals surface area contributed by atoms with Crippen molar-refractivity contribution < 1.29 is 9.13 Å². The molecule has 0 amide bonds. The number of pyridine rings is 1. The van der Waals surface area contributed by atoms with E-state index in [1.807, 2.05) is 0 Å². The monoisotopic (exact) mass is 511 g/mol. The number of halogens is 2. The molecule has 2 N–H and O–H groups in total. The molecule has 0 bridgehead atoms. The zero-order valence-electron chi connectivity index (χ0n) is 19.5. The Bertz CT molecular complexity index is 1630. The van der Waals surface area contributed by atoms with Gasteiger partial charge in [-0.3, -0.25) is 14.3 Å². The molecule has 11 heteroatoms. The van der Waals surface area contributed by atoms with Crippen LogP contribution in [0.15, 0.2) is 80.2 Å². The molecule has 0 unspecified atom stereocenters. The summed E-state index contributed by atoms with van der Waals surface area (Å²) in [7, 11) is 0. The molecule has 0 radical (unpaired) electrons. The number of nitrogens with zero attached hydrogens (tertiary/aromatic N) is 3. The minimum atomic E-state index is -0.730. The summed E-state index contributed by atoms with van der Waals surface area (Å²) in [5.74, 6) is -0.557. The first-order valence-corrected chi connectivity index (χ1v) is 11.4. The first-order valence-electron chi connectivity index (χ1n) is 11.1. The lowest BCUT2D eigenvalue weighted by molar-refractivity contribution is 0.231. The molecule has 0 aliphatic rings. The number of rotatable bonds is 7. The lowest BCUT2D eigenvalue weighted by Crippen LogP contribution is -2.50. The van der Waals surface area contributed by atoms with Gasteiger partial charge in [-0.15, -0.1) is 0 Å². The van der Waals surface area contributed by atoms with E-state index >= 15 is 0 Å². The van der Waals surface area contributed by atoms with Crippen LogP contribution in [0.4, 0.5) is 10.1 Å². The van der Waals surface area contributed by atoms with E-state index in [0.717, 1.165) is 16.2 Å². The van der Waals surface area contributed by atoms with Gasteiger partial charge in [0.05, 0.1) is 24.9 Å². The van der Waals surface area contributed by atoms with Crippen molar-refractivity contribution in [2.45, 2.75) is 33.0 Å². The molecule has 2 aromatic carbocycles. The first-order chi connectivity index (χ1) is 17.2. The summed E-state index contributed by atoms with van der Waals surface area (Å²) in [6, 6.07) is 13.8. The van der Waals surface area contributed by atoms with E-state index < -0.39 is 17.2 Å². The summed E-state index contributed by atoms with van der Waals surface area (Å²) < 4.78 is 22.2. The highest BCUT2D eigenvalue weighted by Gasteiger charge is 2.12. The number of benzene rings is 2. The Morgan fingerprint density at radius 1 is 0.972 bits per heavy atom. The van der Waals surface area contributed by atoms with Gasteiger partial charge < -0.3 is 9.72 Å². The molecular formula is C25H23ClFN5O4. The fourth-order valence-corrected chi connectivity index (χ4v) is 3.62. The third kappa shape index (κ3) is 5.89. The maximum Gasteiger partial charge on any atom is 0.335 e. The van der Waals surface area contributed by atoms with E-state index in [0.29, 0.717) is 10.6 Å². The predicted octanol–water partition coefficient (Wildman–Crippen LogP) is 2.94. The highest BCUT2D eigenvalue weighted by atomic mass is 35.5. The van der Waals surface area contributed by atoms with Crippen LogP contribution in [0.2, 0.25) is 5.02 Å². The fourth-order valence-electron chi connectivity index (χ4n) is 3.50. The second-order valence-electron chi connectivity index (χ2n) is 8.29. The highest BCUT2D eigenvalue weighted by Crippen LogP contribution is 2.23. The molecule has 4 aromatic rings. The molecule has 0 aliphatic heterocycles. The highest BCUT2D eigenvalue weighted by molar-refractivity contribution is 6.30. The summed E-state index contributed by atoms with van der Waals surface area (Å²) in [4.78, 5) is 47.4. The topological polar surface area (TPSA) is 114 Å². The Balaban J connectivity index is 1.85. The van der Waals surface area contributed by atoms with Gasteiger partial charge in [-0.25, -0.2) is 23.5 Å². The van der Waals surface area contributed by atoms with Gasteiger partial charge in [-0.2, -0.15) is 0 Å². The molecule has 0 saturated carbocycles. The molecule has 0 fully saturated rings. The quantitative estimate of drug-likeness (QED) is 0.397. The smallest absolute Gasteiger partial charge is 0.335 e. The number of aromatic nitrogens is 4. The Morgan fingerprint density at radius 2 is 1.69 bits per heavy atom. The number of H-pyrrole nitrogens is 2. The molecule has 0 atom stereocenters. The normalized spacial score (nSPS) is 11.8. The minimum absolute atomic E-state index is 0.0536. The van der Waals surface area contributed by atoms with Crippen molar-refractivity contribution in [1.82, 2.24) is 19.1 Å².